The molecule has 0 heterocycles. The van der Waals surface area contributed by atoms with Crippen LogP contribution in [0, 0.1) is 5.92 Å². The Morgan fingerprint density at radius 3 is 2.15 bits per heavy atom. The molecule has 2 unspecified atom stereocenters. The standard InChI is InChI=1S/C26H30N2O5/c1-16(24(30)31)28(3)23(29)14-26(2,17-12-13-17)27-25(32)33-15-22-20-10-6-4-8-18(20)19-9-5-7-11-21(19)22/h4-11,16-17,22H,12-15H2,1-3H3,(H,27,32)(H,30,31). The first-order valence-corrected chi connectivity index (χ1v) is 11.3. The van der Waals surface area contributed by atoms with E-state index in [1.807, 2.05) is 31.2 Å². The third-order valence-corrected chi connectivity index (χ3v) is 7.06. The number of hydrogen-bond donors (Lipinski definition) is 2. The van der Waals surface area contributed by atoms with Gasteiger partial charge in [-0.2, -0.15) is 0 Å². The number of carbonyl (C=O) groups is 3. The van der Waals surface area contributed by atoms with Crippen molar-refractivity contribution in [1.29, 1.82) is 0 Å². The fraction of sp³-hybridized carbons (Fsp3) is 0.423. The van der Waals surface area contributed by atoms with Crippen molar-refractivity contribution in [3.8, 4) is 11.1 Å². The highest BCUT2D eigenvalue weighted by molar-refractivity contribution is 5.84. The van der Waals surface area contributed by atoms with E-state index >= 15 is 0 Å². The van der Waals surface area contributed by atoms with Gasteiger partial charge in [0.2, 0.25) is 5.91 Å². The molecule has 2 amide bonds. The molecule has 2 atom stereocenters. The lowest BCUT2D eigenvalue weighted by Crippen LogP contribution is -2.52. The molecule has 2 aliphatic rings. The maximum absolute atomic E-state index is 12.8. The number of nitrogens with one attached hydrogen (secondary N) is 1. The number of fused-ring (bicyclic) bond motifs is 3. The molecular formula is C26H30N2O5. The lowest BCUT2D eigenvalue weighted by Gasteiger charge is -2.33. The van der Waals surface area contributed by atoms with E-state index in [0.717, 1.165) is 35.1 Å². The molecule has 0 saturated heterocycles. The van der Waals surface area contributed by atoms with Crippen LogP contribution >= 0.6 is 0 Å². The van der Waals surface area contributed by atoms with E-state index in [2.05, 4.69) is 29.6 Å². The molecule has 0 spiro atoms. The number of amides is 2. The van der Waals surface area contributed by atoms with Crippen LogP contribution in [0.25, 0.3) is 11.1 Å². The first-order valence-electron chi connectivity index (χ1n) is 11.3. The summed E-state index contributed by atoms with van der Waals surface area (Å²) in [6.45, 7) is 3.50. The van der Waals surface area contributed by atoms with Crippen LogP contribution in [-0.2, 0) is 14.3 Å². The summed E-state index contributed by atoms with van der Waals surface area (Å²) in [7, 11) is 1.47. The van der Waals surface area contributed by atoms with E-state index in [4.69, 9.17) is 4.74 Å². The van der Waals surface area contributed by atoms with E-state index in [1.54, 1.807) is 0 Å². The zero-order valence-corrected chi connectivity index (χ0v) is 19.2. The summed E-state index contributed by atoms with van der Waals surface area (Å²) in [5.41, 5.74) is 3.80. The van der Waals surface area contributed by atoms with Crippen LogP contribution in [0.2, 0.25) is 0 Å². The first-order chi connectivity index (χ1) is 15.7. The van der Waals surface area contributed by atoms with Crippen LogP contribution < -0.4 is 5.32 Å². The maximum Gasteiger partial charge on any atom is 0.407 e. The van der Waals surface area contributed by atoms with Gasteiger partial charge in [-0.3, -0.25) is 4.79 Å². The second-order valence-electron chi connectivity index (χ2n) is 9.34. The lowest BCUT2D eigenvalue weighted by molar-refractivity contribution is -0.148. The average Bonchev–Trinajstić information content (AvgIpc) is 3.60. The van der Waals surface area contributed by atoms with Gasteiger partial charge in [-0.15, -0.1) is 0 Å². The van der Waals surface area contributed by atoms with Gasteiger partial charge in [0.05, 0.1) is 12.0 Å². The van der Waals surface area contributed by atoms with Crippen molar-refractivity contribution in [2.45, 2.75) is 50.6 Å². The Hall–Kier alpha value is -3.35. The Balaban J connectivity index is 1.42. The Morgan fingerprint density at radius 1 is 1.09 bits per heavy atom. The minimum absolute atomic E-state index is 0.0238. The number of rotatable bonds is 8. The number of nitrogens with zero attached hydrogens (tertiary/aromatic N) is 1. The van der Waals surface area contributed by atoms with Crippen LogP contribution in [0.15, 0.2) is 48.5 Å². The number of carbonyl (C=O) groups excluding carboxylic acids is 2. The fourth-order valence-corrected chi connectivity index (χ4v) is 4.70. The second kappa shape index (κ2) is 8.89. The number of carboxylic acid groups (broad SMARTS) is 1. The van der Waals surface area contributed by atoms with E-state index in [1.165, 1.54) is 18.9 Å². The SMILES string of the molecule is CC(C(=O)O)N(C)C(=O)CC(C)(NC(=O)OCC1c2ccccc2-c2ccccc21)C1CC1. The third kappa shape index (κ3) is 4.58. The van der Waals surface area contributed by atoms with Crippen molar-refractivity contribution in [3.05, 3.63) is 59.7 Å². The van der Waals surface area contributed by atoms with E-state index in [0.29, 0.717) is 0 Å². The van der Waals surface area contributed by atoms with Gasteiger partial charge in [0.25, 0.3) is 0 Å². The van der Waals surface area contributed by atoms with Crippen LogP contribution in [-0.4, -0.2) is 53.2 Å². The van der Waals surface area contributed by atoms with Gasteiger partial charge in [0.1, 0.15) is 12.6 Å². The fourth-order valence-electron chi connectivity index (χ4n) is 4.70. The molecule has 0 radical (unpaired) electrons. The number of aliphatic carboxylic acids is 1. The molecule has 1 saturated carbocycles. The molecule has 2 N–H and O–H groups in total. The molecule has 33 heavy (non-hydrogen) atoms. The highest BCUT2D eigenvalue weighted by Crippen LogP contribution is 2.45. The monoisotopic (exact) mass is 450 g/mol. The number of hydrogen-bond acceptors (Lipinski definition) is 4. The summed E-state index contributed by atoms with van der Waals surface area (Å²) < 4.78 is 5.67. The minimum Gasteiger partial charge on any atom is -0.480 e. The molecular weight excluding hydrogens is 420 g/mol. The number of alkyl carbamates (subject to hydrolysis) is 1. The molecule has 174 valence electrons. The van der Waals surface area contributed by atoms with E-state index in [-0.39, 0.29) is 30.8 Å². The molecule has 7 heteroatoms. The first kappa shape index (κ1) is 22.8. The highest BCUT2D eigenvalue weighted by Gasteiger charge is 2.45. The molecule has 0 bridgehead atoms. The highest BCUT2D eigenvalue weighted by atomic mass is 16.5. The van der Waals surface area contributed by atoms with Crippen molar-refractivity contribution in [3.63, 3.8) is 0 Å². The number of carboxylic acids is 1. The van der Waals surface area contributed by atoms with Gasteiger partial charge in [-0.05, 0) is 54.9 Å². The normalized spacial score (nSPS) is 17.3. The van der Waals surface area contributed by atoms with Crippen LogP contribution in [0.5, 0.6) is 0 Å². The number of ether oxygens (including phenoxy) is 1. The van der Waals surface area contributed by atoms with Gasteiger partial charge in [-0.25, -0.2) is 9.59 Å². The van der Waals surface area contributed by atoms with Gasteiger partial charge in [0.15, 0.2) is 0 Å². The maximum atomic E-state index is 12.8. The summed E-state index contributed by atoms with van der Waals surface area (Å²) >= 11 is 0. The molecule has 4 rings (SSSR count). The molecule has 7 nitrogen and oxygen atoms in total. The van der Waals surface area contributed by atoms with E-state index in [9.17, 15) is 19.5 Å². The van der Waals surface area contributed by atoms with Crippen LogP contribution in [0.3, 0.4) is 0 Å². The van der Waals surface area contributed by atoms with Crippen LogP contribution in [0.4, 0.5) is 4.79 Å². The Bertz CT molecular complexity index is 1030. The second-order valence-corrected chi connectivity index (χ2v) is 9.34. The zero-order chi connectivity index (χ0) is 23.8. The number of likely N-dealkylation sites (N-methyl/N-ethyl adjacent to an activating group) is 1. The zero-order valence-electron chi connectivity index (χ0n) is 19.2. The summed E-state index contributed by atoms with van der Waals surface area (Å²) in [5, 5.41) is 12.1. The molecule has 2 aromatic carbocycles. The van der Waals surface area contributed by atoms with E-state index < -0.39 is 23.6 Å². The van der Waals surface area contributed by atoms with Crippen molar-refractivity contribution in [2.24, 2.45) is 5.92 Å². The summed E-state index contributed by atoms with van der Waals surface area (Å²) in [4.78, 5) is 38.0. The van der Waals surface area contributed by atoms with Crippen molar-refractivity contribution in [2.75, 3.05) is 13.7 Å². The van der Waals surface area contributed by atoms with Crippen LogP contribution in [0.1, 0.15) is 50.2 Å². The summed E-state index contributed by atoms with van der Waals surface area (Å²) in [6, 6.07) is 15.3. The van der Waals surface area contributed by atoms with Crippen molar-refractivity contribution >= 4 is 18.0 Å². The Morgan fingerprint density at radius 2 is 1.64 bits per heavy atom. The lowest BCUT2D eigenvalue weighted by atomic mass is 9.91. The molecule has 2 aliphatic carbocycles. The van der Waals surface area contributed by atoms with Crippen molar-refractivity contribution < 1.29 is 24.2 Å². The average molecular weight is 451 g/mol. The topological polar surface area (TPSA) is 95.9 Å². The Kier molecular flexibility index (Phi) is 6.15. The van der Waals surface area contributed by atoms with Gasteiger partial charge in [-0.1, -0.05) is 48.5 Å². The van der Waals surface area contributed by atoms with Crippen molar-refractivity contribution in [1.82, 2.24) is 10.2 Å². The smallest absolute Gasteiger partial charge is 0.407 e. The Labute approximate surface area is 193 Å². The molecule has 2 aromatic rings. The predicted molar refractivity (Wildman–Crippen MR) is 124 cm³/mol. The molecule has 1 fully saturated rings. The quantitative estimate of drug-likeness (QED) is 0.633. The summed E-state index contributed by atoms with van der Waals surface area (Å²) in [6.07, 6.45) is 1.28. The minimum atomic E-state index is -1.07. The number of benzene rings is 2. The molecule has 0 aromatic heterocycles. The largest absolute Gasteiger partial charge is 0.480 e. The molecule has 0 aliphatic heterocycles. The van der Waals surface area contributed by atoms with Gasteiger partial charge < -0.3 is 20.1 Å². The summed E-state index contributed by atoms with van der Waals surface area (Å²) in [5.74, 6) is -1.27. The predicted octanol–water partition coefficient (Wildman–Crippen LogP) is 4.02. The third-order valence-electron chi connectivity index (χ3n) is 7.06. The van der Waals surface area contributed by atoms with Gasteiger partial charge in [0, 0.05) is 13.0 Å². The van der Waals surface area contributed by atoms with Gasteiger partial charge >= 0.3 is 12.1 Å².